The second-order valence-corrected chi connectivity index (χ2v) is 4.93. The molecule has 0 saturated heterocycles. The van der Waals surface area contributed by atoms with Crippen molar-refractivity contribution in [2.24, 2.45) is 0 Å². The van der Waals surface area contributed by atoms with Crippen LogP contribution in [0.1, 0.15) is 56.0 Å². The van der Waals surface area contributed by atoms with Gasteiger partial charge in [0.1, 0.15) is 12.4 Å². The number of nitrogens with one attached hydrogen (secondary N) is 1. The Hall–Kier alpha value is -1.51. The van der Waals surface area contributed by atoms with Gasteiger partial charge in [0.05, 0.1) is 11.6 Å². The first kappa shape index (κ1) is 15.5. The fourth-order valence-electron chi connectivity index (χ4n) is 2.05. The fourth-order valence-corrected chi connectivity index (χ4v) is 2.05. The number of benzene rings is 1. The van der Waals surface area contributed by atoms with E-state index in [-0.39, 0.29) is 11.9 Å². The van der Waals surface area contributed by atoms with Crippen LogP contribution in [0.3, 0.4) is 0 Å². The molecule has 2 rings (SSSR count). The fraction of sp³-hybridized carbons (Fsp3) is 0.562. The van der Waals surface area contributed by atoms with Crippen LogP contribution in [0.25, 0.3) is 0 Å². The molecule has 106 valence electrons. The maximum absolute atomic E-state index is 12.0. The average Bonchev–Trinajstić information content (AvgIpc) is 2.52. The minimum Gasteiger partial charge on any atom is -0.491 e. The van der Waals surface area contributed by atoms with E-state index in [9.17, 15) is 4.79 Å². The van der Waals surface area contributed by atoms with Gasteiger partial charge in [-0.05, 0) is 25.0 Å². The van der Waals surface area contributed by atoms with E-state index in [1.165, 1.54) is 6.42 Å². The van der Waals surface area contributed by atoms with Crippen LogP contribution < -0.4 is 10.1 Å². The lowest BCUT2D eigenvalue weighted by Gasteiger charge is -2.13. The summed E-state index contributed by atoms with van der Waals surface area (Å²) in [6, 6.07) is 5.84. The van der Waals surface area contributed by atoms with Crippen LogP contribution in [0.15, 0.2) is 18.2 Å². The molecule has 1 unspecified atom stereocenters. The van der Waals surface area contributed by atoms with Crippen LogP contribution in [0.4, 0.5) is 0 Å². The summed E-state index contributed by atoms with van der Waals surface area (Å²) in [6.07, 6.45) is 3.25. The lowest BCUT2D eigenvalue weighted by atomic mass is 10.1. The Kier molecular flexibility index (Phi) is 6.40. The second-order valence-electron chi connectivity index (χ2n) is 4.93. The zero-order chi connectivity index (χ0) is 14.3. The molecule has 1 heterocycles. The third-order valence-electron chi connectivity index (χ3n) is 2.87. The SMILES string of the molecule is CCC.CCCC1COc2cccc(C)c2C(=O)N1. The van der Waals surface area contributed by atoms with Crippen molar-refractivity contribution >= 4 is 5.91 Å². The number of amides is 1. The average molecular weight is 263 g/mol. The van der Waals surface area contributed by atoms with Crippen molar-refractivity contribution < 1.29 is 9.53 Å². The molecule has 1 aromatic carbocycles. The van der Waals surface area contributed by atoms with E-state index >= 15 is 0 Å². The minimum atomic E-state index is -0.0101. The van der Waals surface area contributed by atoms with E-state index in [0.717, 1.165) is 18.4 Å². The van der Waals surface area contributed by atoms with Gasteiger partial charge in [-0.25, -0.2) is 0 Å². The van der Waals surface area contributed by atoms with E-state index < -0.39 is 0 Å². The first-order valence-electron chi connectivity index (χ1n) is 7.17. The van der Waals surface area contributed by atoms with Gasteiger partial charge >= 0.3 is 0 Å². The van der Waals surface area contributed by atoms with Crippen LogP contribution in [-0.2, 0) is 0 Å². The maximum atomic E-state index is 12.0. The summed E-state index contributed by atoms with van der Waals surface area (Å²) < 4.78 is 5.68. The Morgan fingerprint density at radius 2 is 2.00 bits per heavy atom. The Bertz CT molecular complexity index is 415. The molecule has 1 atom stereocenters. The number of carbonyl (C=O) groups excluding carboxylic acids is 1. The van der Waals surface area contributed by atoms with Gasteiger partial charge in [-0.2, -0.15) is 0 Å². The molecule has 1 aromatic rings. The van der Waals surface area contributed by atoms with Crippen molar-refractivity contribution in [3.63, 3.8) is 0 Å². The highest BCUT2D eigenvalue weighted by atomic mass is 16.5. The molecule has 0 fully saturated rings. The van der Waals surface area contributed by atoms with Gasteiger partial charge in [0.2, 0.25) is 0 Å². The zero-order valence-corrected chi connectivity index (χ0v) is 12.5. The molecular formula is C16H25NO2. The first-order valence-corrected chi connectivity index (χ1v) is 7.17. The van der Waals surface area contributed by atoms with Crippen molar-refractivity contribution in [2.45, 2.75) is 53.0 Å². The van der Waals surface area contributed by atoms with E-state index in [1.54, 1.807) is 0 Å². The highest BCUT2D eigenvalue weighted by Gasteiger charge is 2.23. The molecule has 19 heavy (non-hydrogen) atoms. The quantitative estimate of drug-likeness (QED) is 0.883. The van der Waals surface area contributed by atoms with Crippen molar-refractivity contribution in [1.29, 1.82) is 0 Å². The number of ether oxygens (including phenoxy) is 1. The third kappa shape index (κ3) is 4.27. The molecule has 0 aliphatic carbocycles. The molecule has 0 spiro atoms. The summed E-state index contributed by atoms with van der Waals surface area (Å²) in [6.45, 7) is 8.85. The van der Waals surface area contributed by atoms with Crippen LogP contribution in [0.2, 0.25) is 0 Å². The van der Waals surface area contributed by atoms with Crippen LogP contribution in [0.5, 0.6) is 5.75 Å². The minimum absolute atomic E-state index is 0.0101. The summed E-state index contributed by atoms with van der Waals surface area (Å²) in [5.41, 5.74) is 1.65. The lowest BCUT2D eigenvalue weighted by Crippen LogP contribution is -2.36. The Labute approximate surface area is 116 Å². The van der Waals surface area contributed by atoms with Gasteiger partial charge in [0, 0.05) is 0 Å². The van der Waals surface area contributed by atoms with Gasteiger partial charge in [-0.3, -0.25) is 4.79 Å². The highest BCUT2D eigenvalue weighted by molar-refractivity contribution is 5.98. The predicted octanol–water partition coefficient (Wildman–Crippen LogP) is 3.70. The zero-order valence-electron chi connectivity index (χ0n) is 12.5. The van der Waals surface area contributed by atoms with E-state index in [2.05, 4.69) is 26.1 Å². The van der Waals surface area contributed by atoms with Crippen LogP contribution in [0, 0.1) is 6.92 Å². The van der Waals surface area contributed by atoms with Crippen molar-refractivity contribution in [3.05, 3.63) is 29.3 Å². The molecule has 1 N–H and O–H groups in total. The Balaban J connectivity index is 0.000000550. The topological polar surface area (TPSA) is 38.3 Å². The lowest BCUT2D eigenvalue weighted by molar-refractivity contribution is 0.0936. The second kappa shape index (κ2) is 7.82. The predicted molar refractivity (Wildman–Crippen MR) is 78.8 cm³/mol. The maximum Gasteiger partial charge on any atom is 0.255 e. The monoisotopic (exact) mass is 263 g/mol. The number of aryl methyl sites for hydroxylation is 1. The molecular weight excluding hydrogens is 238 g/mol. The van der Waals surface area contributed by atoms with Gasteiger partial charge < -0.3 is 10.1 Å². The Morgan fingerprint density at radius 3 is 2.63 bits per heavy atom. The highest BCUT2D eigenvalue weighted by Crippen LogP contribution is 2.24. The number of hydrogen-bond acceptors (Lipinski definition) is 2. The smallest absolute Gasteiger partial charge is 0.255 e. The van der Waals surface area contributed by atoms with Crippen molar-refractivity contribution in [1.82, 2.24) is 5.32 Å². The van der Waals surface area contributed by atoms with Crippen molar-refractivity contribution in [3.8, 4) is 5.75 Å². The molecule has 1 aliphatic rings. The molecule has 0 bridgehead atoms. The molecule has 3 heteroatoms. The van der Waals surface area contributed by atoms with Crippen molar-refractivity contribution in [2.75, 3.05) is 6.61 Å². The van der Waals surface area contributed by atoms with E-state index in [4.69, 9.17) is 4.74 Å². The number of carbonyl (C=O) groups is 1. The molecule has 0 aromatic heterocycles. The number of hydrogen-bond donors (Lipinski definition) is 1. The standard InChI is InChI=1S/C13H17NO2.C3H8/c1-3-5-10-8-16-11-7-4-6-9(2)12(11)13(15)14-10;1-3-2/h4,6-7,10H,3,5,8H2,1-2H3,(H,14,15);3H2,1-2H3. The summed E-state index contributed by atoms with van der Waals surface area (Å²) in [7, 11) is 0. The first-order chi connectivity index (χ1) is 9.13. The van der Waals surface area contributed by atoms with E-state index in [1.807, 2.05) is 25.1 Å². The number of fused-ring (bicyclic) bond motifs is 1. The van der Waals surface area contributed by atoms with E-state index in [0.29, 0.717) is 17.9 Å². The summed E-state index contributed by atoms with van der Waals surface area (Å²) in [4.78, 5) is 12.0. The van der Waals surface area contributed by atoms with Gasteiger partial charge in [-0.1, -0.05) is 45.7 Å². The summed E-state index contributed by atoms with van der Waals surface area (Å²) in [5.74, 6) is 0.695. The molecule has 0 radical (unpaired) electrons. The molecule has 0 saturated carbocycles. The normalized spacial score (nSPS) is 17.3. The third-order valence-corrected chi connectivity index (χ3v) is 2.87. The Morgan fingerprint density at radius 1 is 1.32 bits per heavy atom. The summed E-state index contributed by atoms with van der Waals surface area (Å²) >= 11 is 0. The van der Waals surface area contributed by atoms with Crippen LogP contribution >= 0.6 is 0 Å². The van der Waals surface area contributed by atoms with Gasteiger partial charge in [-0.15, -0.1) is 0 Å². The molecule has 1 aliphatic heterocycles. The molecule has 3 nitrogen and oxygen atoms in total. The van der Waals surface area contributed by atoms with Crippen LogP contribution in [-0.4, -0.2) is 18.6 Å². The largest absolute Gasteiger partial charge is 0.491 e. The van der Waals surface area contributed by atoms with Gasteiger partial charge in [0.25, 0.3) is 5.91 Å². The summed E-state index contributed by atoms with van der Waals surface area (Å²) in [5, 5.41) is 3.01. The number of rotatable bonds is 2. The van der Waals surface area contributed by atoms with Gasteiger partial charge in [0.15, 0.2) is 0 Å². The molecule has 1 amide bonds.